The van der Waals surface area contributed by atoms with E-state index in [0.717, 1.165) is 27.4 Å². The molecule has 2 amide bonds. The minimum Gasteiger partial charge on any atom is -0.354 e. The van der Waals surface area contributed by atoms with Crippen LogP contribution >= 0.6 is 23.2 Å². The second-order valence-corrected chi connectivity index (χ2v) is 12.4. The molecule has 3 aromatic rings. The third-order valence-electron chi connectivity index (χ3n) is 6.84. The summed E-state index contributed by atoms with van der Waals surface area (Å²) in [4.78, 5) is 28.4. The van der Waals surface area contributed by atoms with Crippen LogP contribution in [-0.4, -0.2) is 44.3 Å². The average Bonchev–Trinajstić information content (AvgIpc) is 2.91. The molecule has 0 spiro atoms. The lowest BCUT2D eigenvalue weighted by molar-refractivity contribution is -0.139. The van der Waals surface area contributed by atoms with E-state index in [9.17, 15) is 18.0 Å². The molecule has 3 rings (SSSR count). The molecule has 1 atom stereocenters. The average molecular weight is 605 g/mol. The molecule has 0 aliphatic heterocycles. The van der Waals surface area contributed by atoms with Crippen molar-refractivity contribution in [3.63, 3.8) is 0 Å². The molecule has 0 heterocycles. The van der Waals surface area contributed by atoms with E-state index in [2.05, 4.69) is 5.32 Å². The van der Waals surface area contributed by atoms with Crippen molar-refractivity contribution in [2.75, 3.05) is 17.4 Å². The fourth-order valence-corrected chi connectivity index (χ4v) is 6.18. The van der Waals surface area contributed by atoms with Gasteiger partial charge in [-0.15, -0.1) is 0 Å². The van der Waals surface area contributed by atoms with Crippen LogP contribution in [0.3, 0.4) is 0 Å². The summed E-state index contributed by atoms with van der Waals surface area (Å²) in [6.07, 6.45) is 0.720. The van der Waals surface area contributed by atoms with E-state index in [1.807, 2.05) is 33.8 Å². The molecule has 0 unspecified atom stereocenters. The highest BCUT2D eigenvalue weighted by Gasteiger charge is 2.33. The van der Waals surface area contributed by atoms with Crippen LogP contribution in [0.25, 0.3) is 0 Å². The first-order chi connectivity index (χ1) is 18.9. The third-order valence-corrected chi connectivity index (χ3v) is 9.32. The Morgan fingerprint density at radius 3 is 2.12 bits per heavy atom. The number of benzene rings is 3. The molecule has 0 radical (unpaired) electrons. The van der Waals surface area contributed by atoms with Crippen LogP contribution in [0.15, 0.2) is 65.6 Å². The molecule has 40 heavy (non-hydrogen) atoms. The molecule has 3 aromatic carbocycles. The van der Waals surface area contributed by atoms with Gasteiger partial charge in [-0.1, -0.05) is 66.0 Å². The summed E-state index contributed by atoms with van der Waals surface area (Å²) in [5.41, 5.74) is 3.35. The molecule has 7 nitrogen and oxygen atoms in total. The van der Waals surface area contributed by atoms with E-state index in [1.54, 1.807) is 49.4 Å². The highest BCUT2D eigenvalue weighted by Crippen LogP contribution is 2.30. The van der Waals surface area contributed by atoms with Crippen molar-refractivity contribution in [3.05, 3.63) is 93.0 Å². The summed E-state index contributed by atoms with van der Waals surface area (Å²) in [5.74, 6) is -0.940. The molecule has 0 saturated carbocycles. The number of nitrogens with zero attached hydrogens (tertiary/aromatic N) is 2. The Bertz CT molecular complexity index is 1460. The largest absolute Gasteiger partial charge is 0.354 e. The number of halogens is 2. The van der Waals surface area contributed by atoms with Crippen LogP contribution in [0.4, 0.5) is 5.69 Å². The van der Waals surface area contributed by atoms with Crippen molar-refractivity contribution in [1.82, 2.24) is 10.2 Å². The summed E-state index contributed by atoms with van der Waals surface area (Å²) >= 11 is 12.8. The van der Waals surface area contributed by atoms with Gasteiger partial charge in [-0.2, -0.15) is 0 Å². The highest BCUT2D eigenvalue weighted by atomic mass is 35.5. The molecule has 214 valence electrons. The summed E-state index contributed by atoms with van der Waals surface area (Å²) < 4.78 is 29.1. The van der Waals surface area contributed by atoms with Gasteiger partial charge in [0.15, 0.2) is 0 Å². The molecule has 1 N–H and O–H groups in total. The Morgan fingerprint density at radius 2 is 1.52 bits per heavy atom. The van der Waals surface area contributed by atoms with E-state index >= 15 is 0 Å². The number of hydrogen-bond acceptors (Lipinski definition) is 4. The predicted octanol–water partition coefficient (Wildman–Crippen LogP) is 6.06. The number of rotatable bonds is 11. The number of amides is 2. The molecule has 0 aliphatic carbocycles. The maximum Gasteiger partial charge on any atom is 0.264 e. The minimum atomic E-state index is -4.15. The second kappa shape index (κ2) is 13.5. The van der Waals surface area contributed by atoms with Gasteiger partial charge >= 0.3 is 0 Å². The maximum absolute atomic E-state index is 14.1. The number of aryl methyl sites for hydroxylation is 2. The van der Waals surface area contributed by atoms with Crippen LogP contribution in [-0.2, 0) is 26.2 Å². The molecule has 0 aromatic heterocycles. The molecular weight excluding hydrogens is 569 g/mol. The predicted molar refractivity (Wildman–Crippen MR) is 161 cm³/mol. The van der Waals surface area contributed by atoms with Crippen molar-refractivity contribution < 1.29 is 18.0 Å². The minimum absolute atomic E-state index is 0.0567. The number of nitrogens with one attached hydrogen (secondary N) is 1. The first-order valence-corrected chi connectivity index (χ1v) is 15.2. The normalized spacial score (nSPS) is 12.1. The highest BCUT2D eigenvalue weighted by molar-refractivity contribution is 7.92. The van der Waals surface area contributed by atoms with Crippen molar-refractivity contribution in [3.8, 4) is 0 Å². The lowest BCUT2D eigenvalue weighted by atomic mass is 10.1. The zero-order valence-corrected chi connectivity index (χ0v) is 25.7. The summed E-state index contributed by atoms with van der Waals surface area (Å²) in [7, 11) is -4.15. The van der Waals surface area contributed by atoms with Crippen LogP contribution in [0, 0.1) is 20.8 Å². The smallest absolute Gasteiger partial charge is 0.264 e. The quantitative estimate of drug-likeness (QED) is 0.289. The molecule has 10 heteroatoms. The van der Waals surface area contributed by atoms with Crippen molar-refractivity contribution in [2.24, 2.45) is 0 Å². The molecule has 0 fully saturated rings. The molecule has 0 aliphatic rings. The van der Waals surface area contributed by atoms with E-state index < -0.39 is 28.5 Å². The molecule has 0 bridgehead atoms. The Morgan fingerprint density at radius 1 is 0.925 bits per heavy atom. The number of sulfonamides is 1. The van der Waals surface area contributed by atoms with Gasteiger partial charge in [0, 0.05) is 28.7 Å². The zero-order chi connectivity index (χ0) is 29.6. The monoisotopic (exact) mass is 603 g/mol. The number of anilines is 1. The van der Waals surface area contributed by atoms with Crippen molar-refractivity contribution >= 4 is 50.7 Å². The van der Waals surface area contributed by atoms with E-state index in [0.29, 0.717) is 27.8 Å². The van der Waals surface area contributed by atoms with Gasteiger partial charge in [-0.05, 0) is 75.6 Å². The van der Waals surface area contributed by atoms with Gasteiger partial charge in [-0.25, -0.2) is 8.42 Å². The van der Waals surface area contributed by atoms with Gasteiger partial charge in [0.2, 0.25) is 11.8 Å². The molecular formula is C30H35Cl2N3O4S. The van der Waals surface area contributed by atoms with Crippen LogP contribution in [0.1, 0.15) is 42.5 Å². The van der Waals surface area contributed by atoms with Crippen LogP contribution < -0.4 is 9.62 Å². The first-order valence-electron chi connectivity index (χ1n) is 13.0. The van der Waals surface area contributed by atoms with Crippen molar-refractivity contribution in [1.29, 1.82) is 0 Å². The SMILES string of the molecule is CCCNC(=O)[C@H](C)N(Cc1c(Cl)cccc1Cl)C(=O)CN(c1cccc(C)c1C)S(=O)(=O)c1ccc(C)cc1. The number of carbonyl (C=O) groups excluding carboxylic acids is 2. The first kappa shape index (κ1) is 31.5. The van der Waals surface area contributed by atoms with Gasteiger partial charge in [0.05, 0.1) is 10.6 Å². The van der Waals surface area contributed by atoms with Gasteiger partial charge < -0.3 is 10.2 Å². The Hall–Kier alpha value is -3.07. The number of carbonyl (C=O) groups is 2. The van der Waals surface area contributed by atoms with Gasteiger partial charge in [0.25, 0.3) is 10.0 Å². The van der Waals surface area contributed by atoms with Gasteiger partial charge in [-0.3, -0.25) is 13.9 Å². The van der Waals surface area contributed by atoms with E-state index in [1.165, 1.54) is 17.0 Å². The second-order valence-electron chi connectivity index (χ2n) is 9.73. The van der Waals surface area contributed by atoms with Gasteiger partial charge in [0.1, 0.15) is 12.6 Å². The fourth-order valence-electron chi connectivity index (χ4n) is 4.19. The van der Waals surface area contributed by atoms with Crippen LogP contribution in [0.5, 0.6) is 0 Å². The summed E-state index contributed by atoms with van der Waals surface area (Å²) in [5, 5.41) is 3.49. The third kappa shape index (κ3) is 7.16. The van der Waals surface area contributed by atoms with E-state index in [-0.39, 0.29) is 17.3 Å². The van der Waals surface area contributed by atoms with Crippen molar-refractivity contribution in [2.45, 2.75) is 58.5 Å². The summed E-state index contributed by atoms with van der Waals surface area (Å²) in [6, 6.07) is 15.8. The Labute approximate surface area is 247 Å². The molecule has 0 saturated heterocycles. The Balaban J connectivity index is 2.10. The topological polar surface area (TPSA) is 86.8 Å². The summed E-state index contributed by atoms with van der Waals surface area (Å²) in [6.45, 7) is 8.91. The Kier molecular flexibility index (Phi) is 10.6. The zero-order valence-electron chi connectivity index (χ0n) is 23.4. The fraction of sp³-hybridized carbons (Fsp3) is 0.333. The standard InChI is InChI=1S/C30H35Cl2N3O4S/c1-6-17-33-30(37)23(5)34(18-25-26(31)10-8-11-27(25)32)29(36)19-35(28-12-7-9-21(3)22(28)4)40(38,39)24-15-13-20(2)14-16-24/h7-16,23H,6,17-19H2,1-5H3,(H,33,37)/t23-/m0/s1. The lowest BCUT2D eigenvalue weighted by Crippen LogP contribution is -2.51. The number of hydrogen-bond donors (Lipinski definition) is 1. The van der Waals surface area contributed by atoms with Crippen LogP contribution in [0.2, 0.25) is 10.0 Å². The maximum atomic E-state index is 14.1. The lowest BCUT2D eigenvalue weighted by Gasteiger charge is -2.33. The van der Waals surface area contributed by atoms with E-state index in [4.69, 9.17) is 23.2 Å².